The lowest BCUT2D eigenvalue weighted by Gasteiger charge is -2.18. The molecule has 3 heteroatoms. The largest absolute Gasteiger partial charge is 0.457 e. The van der Waals surface area contributed by atoms with Crippen LogP contribution in [-0.4, -0.2) is 0 Å². The summed E-state index contributed by atoms with van der Waals surface area (Å²) < 4.78 is 5.95. The van der Waals surface area contributed by atoms with Crippen LogP contribution in [0.1, 0.15) is 11.1 Å². The second-order valence-corrected chi connectivity index (χ2v) is 5.32. The number of rotatable bonds is 3. The van der Waals surface area contributed by atoms with Crippen molar-refractivity contribution in [2.24, 2.45) is 0 Å². The number of nitrogens with zero attached hydrogens (tertiary/aromatic N) is 2. The summed E-state index contributed by atoms with van der Waals surface area (Å²) in [5, 5.41) is 17.8. The molecule has 0 saturated heterocycles. The zero-order chi connectivity index (χ0) is 17.5. The molecule has 25 heavy (non-hydrogen) atoms. The molecule has 0 amide bonds. The molecule has 2 aromatic rings. The fourth-order valence-corrected chi connectivity index (χ4v) is 2.41. The molecule has 0 atom stereocenters. The van der Waals surface area contributed by atoms with Crippen LogP contribution >= 0.6 is 0 Å². The van der Waals surface area contributed by atoms with Crippen LogP contribution in [0.25, 0.3) is 11.3 Å². The monoisotopic (exact) mass is 322 g/mol. The number of hydrogen-bond acceptors (Lipinski definition) is 3. The molecule has 0 bridgehead atoms. The molecule has 0 unspecified atom stereocenters. The van der Waals surface area contributed by atoms with Gasteiger partial charge < -0.3 is 4.74 Å². The van der Waals surface area contributed by atoms with Crippen LogP contribution in [0.3, 0.4) is 0 Å². The topological polar surface area (TPSA) is 56.8 Å². The van der Waals surface area contributed by atoms with E-state index in [1.165, 1.54) is 6.08 Å². The highest BCUT2D eigenvalue weighted by Gasteiger charge is 2.13. The van der Waals surface area contributed by atoms with Crippen molar-refractivity contribution in [2.45, 2.75) is 0 Å². The molecule has 0 saturated carbocycles. The maximum Gasteiger partial charge on any atom is 0.135 e. The zero-order valence-corrected chi connectivity index (χ0v) is 13.4. The molecule has 118 valence electrons. The van der Waals surface area contributed by atoms with Crippen molar-refractivity contribution < 1.29 is 4.74 Å². The predicted octanol–water partition coefficient (Wildman–Crippen LogP) is 5.00. The molecule has 0 aromatic heterocycles. The van der Waals surface area contributed by atoms with Gasteiger partial charge in [0, 0.05) is 5.56 Å². The van der Waals surface area contributed by atoms with Gasteiger partial charge in [0.25, 0.3) is 0 Å². The fourth-order valence-electron chi connectivity index (χ4n) is 2.41. The van der Waals surface area contributed by atoms with E-state index in [0.29, 0.717) is 5.76 Å². The zero-order valence-electron chi connectivity index (χ0n) is 13.4. The third-order valence-electron chi connectivity index (χ3n) is 3.63. The second-order valence-electron chi connectivity index (χ2n) is 5.32. The van der Waals surface area contributed by atoms with Crippen LogP contribution in [0.2, 0.25) is 0 Å². The first-order chi connectivity index (χ1) is 12.3. The van der Waals surface area contributed by atoms with Crippen LogP contribution in [0.4, 0.5) is 0 Å². The van der Waals surface area contributed by atoms with Gasteiger partial charge in [0.05, 0.1) is 0 Å². The number of nitriles is 2. The minimum Gasteiger partial charge on any atom is -0.457 e. The first-order valence-electron chi connectivity index (χ1n) is 7.74. The highest BCUT2D eigenvalue weighted by atomic mass is 16.5. The van der Waals surface area contributed by atoms with Gasteiger partial charge in [0.2, 0.25) is 0 Å². The van der Waals surface area contributed by atoms with E-state index in [0.717, 1.165) is 22.5 Å². The van der Waals surface area contributed by atoms with Crippen molar-refractivity contribution in [1.82, 2.24) is 0 Å². The van der Waals surface area contributed by atoms with Crippen molar-refractivity contribution in [3.8, 4) is 12.1 Å². The molecule has 0 aliphatic carbocycles. The number of benzene rings is 2. The first-order valence-corrected chi connectivity index (χ1v) is 7.74. The highest BCUT2D eigenvalue weighted by Crippen LogP contribution is 2.31. The van der Waals surface area contributed by atoms with Gasteiger partial charge in [0.1, 0.15) is 29.2 Å². The lowest BCUT2D eigenvalue weighted by Crippen LogP contribution is -1.99. The Balaban J connectivity index is 2.05. The SMILES string of the molecule is N#CC(C#N)=C/C=C1\C=C(c2ccccc2)C=C(c2ccccc2)O1. The number of ether oxygens (including phenoxy) is 1. The lowest BCUT2D eigenvalue weighted by atomic mass is 10.0. The summed E-state index contributed by atoms with van der Waals surface area (Å²) in [7, 11) is 0. The van der Waals surface area contributed by atoms with Gasteiger partial charge in [-0.25, -0.2) is 0 Å². The summed E-state index contributed by atoms with van der Waals surface area (Å²) in [4.78, 5) is 0. The van der Waals surface area contributed by atoms with E-state index >= 15 is 0 Å². The van der Waals surface area contributed by atoms with E-state index in [9.17, 15) is 0 Å². The molecule has 1 aliphatic rings. The summed E-state index contributed by atoms with van der Waals surface area (Å²) in [6.07, 6.45) is 6.98. The molecule has 1 aliphatic heterocycles. The predicted molar refractivity (Wildman–Crippen MR) is 97.3 cm³/mol. The third kappa shape index (κ3) is 3.93. The van der Waals surface area contributed by atoms with Crippen LogP contribution in [-0.2, 0) is 4.74 Å². The van der Waals surface area contributed by atoms with Crippen LogP contribution in [0.5, 0.6) is 0 Å². The van der Waals surface area contributed by atoms with Gasteiger partial charge in [-0.05, 0) is 35.4 Å². The van der Waals surface area contributed by atoms with Crippen LogP contribution < -0.4 is 0 Å². The summed E-state index contributed by atoms with van der Waals surface area (Å²) in [5.74, 6) is 1.29. The summed E-state index contributed by atoms with van der Waals surface area (Å²) in [6.45, 7) is 0. The quantitative estimate of drug-likeness (QED) is 0.747. The van der Waals surface area contributed by atoms with Gasteiger partial charge in [-0.1, -0.05) is 60.7 Å². The summed E-state index contributed by atoms with van der Waals surface area (Å²) in [5.41, 5.74) is 3.05. The van der Waals surface area contributed by atoms with Gasteiger partial charge in [-0.2, -0.15) is 10.5 Å². The lowest BCUT2D eigenvalue weighted by molar-refractivity contribution is 0.398. The van der Waals surface area contributed by atoms with Gasteiger partial charge in [-0.15, -0.1) is 0 Å². The van der Waals surface area contributed by atoms with Crippen LogP contribution in [0.15, 0.2) is 96.3 Å². The van der Waals surface area contributed by atoms with E-state index in [1.54, 1.807) is 6.08 Å². The van der Waals surface area contributed by atoms with E-state index in [1.807, 2.05) is 85.0 Å². The number of allylic oxidation sites excluding steroid dienone is 6. The van der Waals surface area contributed by atoms with E-state index < -0.39 is 0 Å². The minimum absolute atomic E-state index is 0.0292. The van der Waals surface area contributed by atoms with E-state index in [4.69, 9.17) is 15.3 Å². The van der Waals surface area contributed by atoms with Gasteiger partial charge in [0.15, 0.2) is 0 Å². The molecule has 1 heterocycles. The van der Waals surface area contributed by atoms with Crippen molar-refractivity contribution in [3.63, 3.8) is 0 Å². The Bertz CT molecular complexity index is 950. The van der Waals surface area contributed by atoms with Gasteiger partial charge >= 0.3 is 0 Å². The molecule has 3 rings (SSSR count). The Hall–Kier alpha value is -3.82. The molecule has 0 radical (unpaired) electrons. The Morgan fingerprint density at radius 3 is 2.00 bits per heavy atom. The molecule has 2 aromatic carbocycles. The molecular weight excluding hydrogens is 308 g/mol. The van der Waals surface area contributed by atoms with Crippen molar-refractivity contribution in [2.75, 3.05) is 0 Å². The van der Waals surface area contributed by atoms with Crippen molar-refractivity contribution in [1.29, 1.82) is 10.5 Å². The maximum atomic E-state index is 8.88. The maximum absolute atomic E-state index is 8.88. The molecule has 3 nitrogen and oxygen atoms in total. The first kappa shape index (κ1) is 16.1. The Labute approximate surface area is 146 Å². The smallest absolute Gasteiger partial charge is 0.135 e. The highest BCUT2D eigenvalue weighted by molar-refractivity contribution is 5.85. The summed E-state index contributed by atoms with van der Waals surface area (Å²) in [6, 6.07) is 23.5. The van der Waals surface area contributed by atoms with Gasteiger partial charge in [-0.3, -0.25) is 0 Å². The van der Waals surface area contributed by atoms with E-state index in [-0.39, 0.29) is 5.57 Å². The molecular formula is C22H14N2O. The third-order valence-corrected chi connectivity index (χ3v) is 3.63. The van der Waals surface area contributed by atoms with E-state index in [2.05, 4.69) is 0 Å². The van der Waals surface area contributed by atoms with Crippen molar-refractivity contribution >= 4 is 11.3 Å². The Morgan fingerprint density at radius 1 is 0.800 bits per heavy atom. The number of hydrogen-bond donors (Lipinski definition) is 0. The Morgan fingerprint density at radius 2 is 1.40 bits per heavy atom. The Kier molecular flexibility index (Phi) is 4.90. The average molecular weight is 322 g/mol. The molecule has 0 N–H and O–H groups in total. The second kappa shape index (κ2) is 7.64. The normalized spacial score (nSPS) is 14.4. The summed E-state index contributed by atoms with van der Waals surface area (Å²) >= 11 is 0. The van der Waals surface area contributed by atoms with Crippen molar-refractivity contribution in [3.05, 3.63) is 107 Å². The average Bonchev–Trinajstić information content (AvgIpc) is 2.70. The molecule has 0 spiro atoms. The molecule has 0 fully saturated rings. The van der Waals surface area contributed by atoms with Crippen LogP contribution in [0, 0.1) is 22.7 Å². The standard InChI is InChI=1S/C22H14N2O/c23-15-17(16-24)11-12-21-13-20(18-7-3-1-4-8-18)14-22(25-21)19-9-5-2-6-10-19/h1-14H/b21-12+. The fraction of sp³-hybridized carbons (Fsp3) is 0. The minimum atomic E-state index is 0.0292.